The van der Waals surface area contributed by atoms with Gasteiger partial charge < -0.3 is 15.3 Å². The monoisotopic (exact) mass is 292 g/mol. The number of aliphatic carboxylic acids is 1. The lowest BCUT2D eigenvalue weighted by atomic mass is 9.62. The van der Waals surface area contributed by atoms with Gasteiger partial charge in [0.1, 0.15) is 0 Å². The van der Waals surface area contributed by atoms with Gasteiger partial charge in [-0.15, -0.1) is 0 Å². The van der Waals surface area contributed by atoms with Gasteiger partial charge in [0.05, 0.1) is 17.1 Å². The van der Waals surface area contributed by atoms with Crippen LogP contribution in [0, 0.1) is 10.8 Å². The van der Waals surface area contributed by atoms with E-state index in [1.165, 1.54) is 0 Å². The summed E-state index contributed by atoms with van der Waals surface area (Å²) in [6.45, 7) is 5.25. The van der Waals surface area contributed by atoms with Crippen molar-refractivity contribution in [3.63, 3.8) is 0 Å². The van der Waals surface area contributed by atoms with E-state index in [1.54, 1.807) is 20.8 Å². The van der Waals surface area contributed by atoms with Gasteiger partial charge >= 0.3 is 5.97 Å². The molecular formula is C17H24O4. The molecule has 4 nitrogen and oxygen atoms in total. The Labute approximate surface area is 125 Å². The molecule has 0 aromatic heterocycles. The van der Waals surface area contributed by atoms with Crippen molar-refractivity contribution in [1.82, 2.24) is 0 Å². The average Bonchev–Trinajstić information content (AvgIpc) is 2.61. The summed E-state index contributed by atoms with van der Waals surface area (Å²) in [5, 5.41) is 30.9. The van der Waals surface area contributed by atoms with Crippen LogP contribution >= 0.6 is 0 Å². The molecule has 0 aliphatic heterocycles. The maximum absolute atomic E-state index is 11.6. The second-order valence-corrected chi connectivity index (χ2v) is 6.92. The van der Waals surface area contributed by atoms with Crippen molar-refractivity contribution in [3.05, 3.63) is 35.9 Å². The Hall–Kier alpha value is -1.39. The highest BCUT2D eigenvalue weighted by molar-refractivity contribution is 5.76. The van der Waals surface area contributed by atoms with Crippen LogP contribution in [0.4, 0.5) is 0 Å². The van der Waals surface area contributed by atoms with Gasteiger partial charge in [0, 0.05) is 11.8 Å². The smallest absolute Gasteiger partial charge is 0.310 e. The Morgan fingerprint density at radius 3 is 2.24 bits per heavy atom. The normalized spacial score (nSPS) is 32.8. The molecule has 3 atom stereocenters. The number of rotatable bonds is 4. The van der Waals surface area contributed by atoms with Gasteiger partial charge in [0.15, 0.2) is 0 Å². The third-order valence-electron chi connectivity index (χ3n) is 5.77. The van der Waals surface area contributed by atoms with Crippen LogP contribution < -0.4 is 0 Å². The van der Waals surface area contributed by atoms with Crippen molar-refractivity contribution in [2.45, 2.75) is 51.7 Å². The van der Waals surface area contributed by atoms with Crippen molar-refractivity contribution in [2.75, 3.05) is 0 Å². The molecule has 0 spiro atoms. The number of aliphatic hydroxyl groups excluding tert-OH is 1. The Kier molecular flexibility index (Phi) is 3.89. The van der Waals surface area contributed by atoms with E-state index in [9.17, 15) is 20.1 Å². The highest BCUT2D eigenvalue weighted by atomic mass is 16.4. The van der Waals surface area contributed by atoms with Crippen LogP contribution in [-0.4, -0.2) is 26.9 Å². The fourth-order valence-electron chi connectivity index (χ4n) is 3.44. The lowest BCUT2D eigenvalue weighted by molar-refractivity contribution is -0.164. The van der Waals surface area contributed by atoms with Gasteiger partial charge in [0.25, 0.3) is 0 Å². The summed E-state index contributed by atoms with van der Waals surface area (Å²) in [6.07, 6.45) is 0.138. The van der Waals surface area contributed by atoms with Crippen LogP contribution in [0.3, 0.4) is 0 Å². The lowest BCUT2D eigenvalue weighted by Gasteiger charge is -2.44. The predicted octanol–water partition coefficient (Wildman–Crippen LogP) is 2.75. The molecule has 0 saturated heterocycles. The molecule has 1 aromatic rings. The summed E-state index contributed by atoms with van der Waals surface area (Å²) in [5.74, 6) is -0.891. The summed E-state index contributed by atoms with van der Waals surface area (Å²) in [4.78, 5) is 11.6. The summed E-state index contributed by atoms with van der Waals surface area (Å²) in [7, 11) is 0. The first kappa shape index (κ1) is 16.0. The number of aliphatic hydroxyl groups is 2. The molecule has 1 saturated carbocycles. The Bertz CT molecular complexity index is 525. The van der Waals surface area contributed by atoms with Crippen molar-refractivity contribution in [3.8, 4) is 0 Å². The molecule has 1 aromatic carbocycles. The predicted molar refractivity (Wildman–Crippen MR) is 79.7 cm³/mol. The van der Waals surface area contributed by atoms with Crippen molar-refractivity contribution in [1.29, 1.82) is 0 Å². The Balaban J connectivity index is 2.26. The van der Waals surface area contributed by atoms with Crippen molar-refractivity contribution in [2.24, 2.45) is 10.8 Å². The number of hydrogen-bond acceptors (Lipinski definition) is 3. The van der Waals surface area contributed by atoms with E-state index >= 15 is 0 Å². The van der Waals surface area contributed by atoms with E-state index in [0.717, 1.165) is 5.56 Å². The molecule has 2 rings (SSSR count). The third kappa shape index (κ3) is 2.36. The first-order valence-electron chi connectivity index (χ1n) is 7.33. The van der Waals surface area contributed by atoms with Gasteiger partial charge in [-0.1, -0.05) is 44.2 Å². The maximum Gasteiger partial charge on any atom is 0.310 e. The molecule has 4 heteroatoms. The molecule has 1 aliphatic rings. The first-order valence-corrected chi connectivity index (χ1v) is 7.33. The number of carboxylic acid groups (broad SMARTS) is 1. The zero-order chi connectivity index (χ0) is 15.9. The third-order valence-corrected chi connectivity index (χ3v) is 5.77. The van der Waals surface area contributed by atoms with Gasteiger partial charge in [-0.2, -0.15) is 0 Å². The standard InChI is InChI=1S/C17H24O4/c1-15(2)16(3,14(19)20)9-10-17(15,21)11-13(18)12-7-5-4-6-8-12/h4-8,13,18,21H,9-11H2,1-3H3,(H,19,20)/t13-,16-,17+/m0/s1. The topological polar surface area (TPSA) is 77.8 Å². The fraction of sp³-hybridized carbons (Fsp3) is 0.588. The minimum absolute atomic E-state index is 0.146. The van der Waals surface area contributed by atoms with Gasteiger partial charge in [0.2, 0.25) is 0 Å². The molecule has 0 bridgehead atoms. The zero-order valence-corrected chi connectivity index (χ0v) is 12.8. The fourth-order valence-corrected chi connectivity index (χ4v) is 3.44. The number of carboxylic acids is 1. The molecule has 1 fully saturated rings. The second-order valence-electron chi connectivity index (χ2n) is 6.92. The Morgan fingerprint density at radius 1 is 1.19 bits per heavy atom. The van der Waals surface area contributed by atoms with Gasteiger partial charge in [-0.05, 0) is 25.3 Å². The van der Waals surface area contributed by atoms with Crippen LogP contribution in [0.5, 0.6) is 0 Å². The van der Waals surface area contributed by atoms with Crippen LogP contribution in [0.2, 0.25) is 0 Å². The van der Waals surface area contributed by atoms with E-state index in [0.29, 0.717) is 12.8 Å². The molecular weight excluding hydrogens is 268 g/mol. The summed E-state index contributed by atoms with van der Waals surface area (Å²) < 4.78 is 0. The maximum atomic E-state index is 11.6. The second kappa shape index (κ2) is 5.11. The zero-order valence-electron chi connectivity index (χ0n) is 12.8. The first-order chi connectivity index (χ1) is 9.64. The number of carbonyl (C=O) groups is 1. The van der Waals surface area contributed by atoms with Crippen LogP contribution in [-0.2, 0) is 4.79 Å². The number of hydrogen-bond donors (Lipinski definition) is 3. The van der Waals surface area contributed by atoms with Crippen molar-refractivity contribution < 1.29 is 20.1 Å². The van der Waals surface area contributed by atoms with Crippen LogP contribution in [0.1, 0.15) is 51.7 Å². The van der Waals surface area contributed by atoms with E-state index in [4.69, 9.17) is 0 Å². The largest absolute Gasteiger partial charge is 0.481 e. The van der Waals surface area contributed by atoms with Gasteiger partial charge in [-0.3, -0.25) is 4.79 Å². The number of benzene rings is 1. The molecule has 0 amide bonds. The molecule has 116 valence electrons. The average molecular weight is 292 g/mol. The minimum Gasteiger partial charge on any atom is -0.481 e. The van der Waals surface area contributed by atoms with E-state index in [1.807, 2.05) is 30.3 Å². The summed E-state index contributed by atoms with van der Waals surface area (Å²) in [5.41, 5.74) is -2.26. The van der Waals surface area contributed by atoms with E-state index < -0.39 is 28.5 Å². The summed E-state index contributed by atoms with van der Waals surface area (Å²) >= 11 is 0. The quantitative estimate of drug-likeness (QED) is 0.797. The van der Waals surface area contributed by atoms with E-state index in [-0.39, 0.29) is 6.42 Å². The highest BCUT2D eigenvalue weighted by Gasteiger charge is 2.63. The van der Waals surface area contributed by atoms with Gasteiger partial charge in [-0.25, -0.2) is 0 Å². The molecule has 0 unspecified atom stereocenters. The van der Waals surface area contributed by atoms with E-state index in [2.05, 4.69) is 0 Å². The molecule has 0 heterocycles. The molecule has 1 aliphatic carbocycles. The summed E-state index contributed by atoms with van der Waals surface area (Å²) in [6, 6.07) is 9.16. The molecule has 0 radical (unpaired) electrons. The molecule has 21 heavy (non-hydrogen) atoms. The lowest BCUT2D eigenvalue weighted by Crippen LogP contribution is -2.50. The van der Waals surface area contributed by atoms with Crippen LogP contribution in [0.15, 0.2) is 30.3 Å². The SMILES string of the molecule is CC1(C)[C@](O)(C[C@H](O)c2ccccc2)CC[C@@]1(C)C(=O)O. The molecule has 3 N–H and O–H groups in total. The highest BCUT2D eigenvalue weighted by Crippen LogP contribution is 2.60. The van der Waals surface area contributed by atoms with Crippen LogP contribution in [0.25, 0.3) is 0 Å². The van der Waals surface area contributed by atoms with Crippen molar-refractivity contribution >= 4 is 5.97 Å². The minimum atomic E-state index is -1.20. The Morgan fingerprint density at radius 2 is 1.76 bits per heavy atom.